The first-order chi connectivity index (χ1) is 23.5. The summed E-state index contributed by atoms with van der Waals surface area (Å²) in [6.07, 6.45) is 2.91. The molecule has 0 aliphatic carbocycles. The van der Waals surface area contributed by atoms with Crippen LogP contribution < -0.4 is 9.62 Å². The number of sulfonamides is 1. The van der Waals surface area contributed by atoms with Gasteiger partial charge in [-0.1, -0.05) is 12.1 Å². The third kappa shape index (κ3) is 5.15. The zero-order valence-corrected chi connectivity index (χ0v) is 27.8. The van der Waals surface area contributed by atoms with Crippen molar-refractivity contribution in [2.45, 2.75) is 18.9 Å². The highest BCUT2D eigenvalue weighted by Crippen LogP contribution is 2.43. The lowest BCUT2D eigenvalue weighted by molar-refractivity contribution is 0.0964. The van der Waals surface area contributed by atoms with Gasteiger partial charge in [0, 0.05) is 37.2 Å². The van der Waals surface area contributed by atoms with Crippen LogP contribution in [0.4, 0.5) is 14.6 Å². The average Bonchev–Trinajstić information content (AvgIpc) is 3.65. The van der Waals surface area contributed by atoms with Gasteiger partial charge in [-0.25, -0.2) is 22.2 Å². The molecule has 0 bridgehead atoms. The second-order valence-corrected chi connectivity index (χ2v) is 14.6. The van der Waals surface area contributed by atoms with E-state index < -0.39 is 21.7 Å². The summed E-state index contributed by atoms with van der Waals surface area (Å²) in [6.45, 7) is 2.90. The van der Waals surface area contributed by atoms with Gasteiger partial charge in [-0.15, -0.1) is 0 Å². The van der Waals surface area contributed by atoms with Gasteiger partial charge in [-0.2, -0.15) is 4.98 Å². The maximum Gasteiger partial charge on any atom is 0.255 e. The lowest BCUT2D eigenvalue weighted by Crippen LogP contribution is -2.42. The highest BCUT2D eigenvalue weighted by atomic mass is 32.2. The monoisotopic (exact) mass is 682 g/mol. The molecule has 2 aliphatic heterocycles. The third-order valence-electron chi connectivity index (χ3n) is 9.58. The molecule has 0 radical (unpaired) electrons. The quantitative estimate of drug-likeness (QED) is 0.219. The standard InChI is InChI=1S/C36H32F2N6O4S/c1-39-35(45)31-26-17-25(34(42(2)49(3,46)47)41-36(26)48-33(31)20-8-11-22(37)12-9-20)28-13-10-21-16-23(19-43-14-5-15-43)44-29-7-4-6-27(38)24(29)18-30(44)32(21)40-28/h4,6-13,17-18,23H,5,14-16,19H2,1-3H3,(H,39,45). The van der Waals surface area contributed by atoms with E-state index >= 15 is 4.39 Å². The molecular weight excluding hydrogens is 650 g/mol. The number of rotatable bonds is 7. The fourth-order valence-electron chi connectivity index (χ4n) is 6.92. The van der Waals surface area contributed by atoms with Gasteiger partial charge in [0.05, 0.1) is 45.8 Å². The molecule has 6 heterocycles. The van der Waals surface area contributed by atoms with E-state index in [1.165, 1.54) is 44.4 Å². The molecule has 13 heteroatoms. The van der Waals surface area contributed by atoms with E-state index in [2.05, 4.69) is 19.8 Å². The Balaban J connectivity index is 1.35. The summed E-state index contributed by atoms with van der Waals surface area (Å²) in [5, 5.41) is 3.47. The summed E-state index contributed by atoms with van der Waals surface area (Å²) in [4.78, 5) is 25.5. The Kier molecular flexibility index (Phi) is 7.30. The van der Waals surface area contributed by atoms with E-state index in [1.807, 2.05) is 24.3 Å². The molecule has 10 nitrogen and oxygen atoms in total. The Labute approximate surface area is 281 Å². The van der Waals surface area contributed by atoms with E-state index in [1.54, 1.807) is 12.1 Å². The number of likely N-dealkylation sites (tertiary alicyclic amines) is 1. The molecule has 2 aromatic carbocycles. The maximum atomic E-state index is 15.2. The van der Waals surface area contributed by atoms with Crippen molar-refractivity contribution < 1.29 is 26.4 Å². The lowest BCUT2D eigenvalue weighted by Gasteiger charge is -2.37. The summed E-state index contributed by atoms with van der Waals surface area (Å²) >= 11 is 0. The van der Waals surface area contributed by atoms with Crippen molar-refractivity contribution in [1.82, 2.24) is 24.8 Å². The van der Waals surface area contributed by atoms with Crippen LogP contribution in [0.1, 0.15) is 28.4 Å². The van der Waals surface area contributed by atoms with Gasteiger partial charge in [-0.05, 0) is 86.1 Å². The SMILES string of the molecule is CNC(=O)c1c(-c2ccc(F)cc2)oc2nc(N(C)S(C)(=O)=O)c(-c3ccc4c(n3)-c3cc5c(F)cccc5n3C(CN3CCC3)C4)cc12. The summed E-state index contributed by atoms with van der Waals surface area (Å²) in [5.41, 5.74) is 4.59. The minimum absolute atomic E-state index is 0.0228. The number of halogens is 2. The number of nitrogens with one attached hydrogen (secondary N) is 1. The Bertz CT molecular complexity index is 2420. The first-order valence-corrected chi connectivity index (χ1v) is 17.8. The number of anilines is 1. The normalized spacial score (nSPS) is 16.0. The number of amides is 1. The van der Waals surface area contributed by atoms with Crippen molar-refractivity contribution in [1.29, 1.82) is 0 Å². The molecule has 49 heavy (non-hydrogen) atoms. The summed E-state index contributed by atoms with van der Waals surface area (Å²) in [7, 11) is -0.941. The number of carbonyl (C=O) groups excluding carboxylic acids is 1. The minimum Gasteiger partial charge on any atom is -0.437 e. The van der Waals surface area contributed by atoms with Crippen LogP contribution in [0.25, 0.3) is 56.0 Å². The summed E-state index contributed by atoms with van der Waals surface area (Å²) in [5.74, 6) is -1.03. The number of furan rings is 1. The molecule has 1 fully saturated rings. The number of pyridine rings is 2. The van der Waals surface area contributed by atoms with Crippen molar-refractivity contribution in [3.05, 3.63) is 89.5 Å². The Morgan fingerprint density at radius 2 is 1.82 bits per heavy atom. The summed E-state index contributed by atoms with van der Waals surface area (Å²) in [6, 6.07) is 18.0. The highest BCUT2D eigenvalue weighted by molar-refractivity contribution is 7.92. The predicted molar refractivity (Wildman–Crippen MR) is 184 cm³/mol. The van der Waals surface area contributed by atoms with Crippen LogP contribution in [0.15, 0.2) is 71.1 Å². The lowest BCUT2D eigenvalue weighted by atomic mass is 9.95. The molecule has 1 atom stereocenters. The smallest absolute Gasteiger partial charge is 0.255 e. The molecular formula is C36H32F2N6O4S. The molecule has 8 rings (SSSR count). The van der Waals surface area contributed by atoms with Crippen LogP contribution in [-0.4, -0.2) is 73.7 Å². The molecule has 1 unspecified atom stereocenters. The van der Waals surface area contributed by atoms with Gasteiger partial charge in [0.25, 0.3) is 5.91 Å². The van der Waals surface area contributed by atoms with Crippen molar-refractivity contribution in [3.63, 3.8) is 0 Å². The first-order valence-electron chi connectivity index (χ1n) is 15.9. The van der Waals surface area contributed by atoms with Crippen LogP contribution in [0.2, 0.25) is 0 Å². The van der Waals surface area contributed by atoms with Gasteiger partial charge >= 0.3 is 0 Å². The molecule has 0 spiro atoms. The number of carbonyl (C=O) groups is 1. The van der Waals surface area contributed by atoms with Crippen molar-refractivity contribution in [2.75, 3.05) is 44.3 Å². The molecule has 6 aromatic rings. The van der Waals surface area contributed by atoms with Crippen LogP contribution in [0, 0.1) is 11.6 Å². The zero-order valence-electron chi connectivity index (χ0n) is 27.0. The molecule has 2 aliphatic rings. The van der Waals surface area contributed by atoms with E-state index in [0.29, 0.717) is 39.7 Å². The number of fused-ring (bicyclic) bond motifs is 6. The molecule has 250 valence electrons. The second kappa shape index (κ2) is 11.5. The average molecular weight is 683 g/mol. The molecule has 0 saturated carbocycles. The Hall–Kier alpha value is -5.14. The van der Waals surface area contributed by atoms with Gasteiger partial charge in [0.15, 0.2) is 5.82 Å². The Morgan fingerprint density at radius 1 is 1.04 bits per heavy atom. The second-order valence-electron chi connectivity index (χ2n) is 12.6. The fraction of sp³-hybridized carbons (Fsp3) is 0.250. The highest BCUT2D eigenvalue weighted by Gasteiger charge is 2.32. The third-order valence-corrected chi connectivity index (χ3v) is 10.8. The summed E-state index contributed by atoms with van der Waals surface area (Å²) < 4.78 is 64.1. The molecule has 4 aromatic heterocycles. The van der Waals surface area contributed by atoms with Gasteiger partial charge < -0.3 is 19.2 Å². The van der Waals surface area contributed by atoms with Crippen molar-refractivity contribution in [3.8, 4) is 34.0 Å². The number of benzene rings is 2. The van der Waals surface area contributed by atoms with E-state index in [9.17, 15) is 17.6 Å². The zero-order chi connectivity index (χ0) is 34.2. The van der Waals surface area contributed by atoms with Crippen LogP contribution in [0.3, 0.4) is 0 Å². The number of aromatic nitrogens is 3. The van der Waals surface area contributed by atoms with Gasteiger partial charge in [0.1, 0.15) is 17.4 Å². The van der Waals surface area contributed by atoms with Crippen molar-refractivity contribution >= 4 is 43.8 Å². The predicted octanol–water partition coefficient (Wildman–Crippen LogP) is 6.02. The minimum atomic E-state index is -3.81. The first kappa shape index (κ1) is 31.1. The van der Waals surface area contributed by atoms with Crippen molar-refractivity contribution in [2.24, 2.45) is 0 Å². The van der Waals surface area contributed by atoms with Crippen LogP contribution >= 0.6 is 0 Å². The molecule has 1 N–H and O–H groups in total. The maximum absolute atomic E-state index is 15.2. The van der Waals surface area contributed by atoms with E-state index in [4.69, 9.17) is 9.40 Å². The van der Waals surface area contributed by atoms with Gasteiger partial charge in [0.2, 0.25) is 15.7 Å². The fourth-order valence-corrected chi connectivity index (χ4v) is 7.38. The van der Waals surface area contributed by atoms with E-state index in [0.717, 1.165) is 53.4 Å². The van der Waals surface area contributed by atoms with Crippen LogP contribution in [-0.2, 0) is 16.4 Å². The largest absolute Gasteiger partial charge is 0.437 e. The number of hydrogen-bond donors (Lipinski definition) is 1. The van der Waals surface area contributed by atoms with Crippen LogP contribution in [0.5, 0.6) is 0 Å². The Morgan fingerprint density at radius 3 is 2.51 bits per heavy atom. The molecule has 1 amide bonds. The van der Waals surface area contributed by atoms with Gasteiger partial charge in [-0.3, -0.25) is 9.10 Å². The molecule has 1 saturated heterocycles. The van der Waals surface area contributed by atoms with E-state index in [-0.39, 0.29) is 34.7 Å². The number of nitrogens with zero attached hydrogens (tertiary/aromatic N) is 5. The topological polar surface area (TPSA) is 114 Å². The number of hydrogen-bond acceptors (Lipinski definition) is 7.